The molecule has 1 atom stereocenters. The Labute approximate surface area is 176 Å². The largest absolute Gasteiger partial charge is 0.379 e. The van der Waals surface area contributed by atoms with Crippen molar-refractivity contribution < 1.29 is 13.2 Å². The second kappa shape index (κ2) is 11.5. The number of ether oxygens (including phenoxy) is 1. The lowest BCUT2D eigenvalue weighted by molar-refractivity contribution is 0.0729. The quantitative estimate of drug-likeness (QED) is 0.470. The third-order valence-corrected chi connectivity index (χ3v) is 6.88. The second-order valence-corrected chi connectivity index (χ2v) is 9.95. The van der Waals surface area contributed by atoms with Crippen molar-refractivity contribution in [2.45, 2.75) is 52.0 Å². The fourth-order valence-electron chi connectivity index (χ4n) is 3.25. The lowest BCUT2D eigenvalue weighted by Gasteiger charge is -2.26. The first-order valence-corrected chi connectivity index (χ1v) is 12.0. The molecule has 0 aliphatic carbocycles. The Balaban J connectivity index is 1.97. The minimum Gasteiger partial charge on any atom is -0.379 e. The van der Waals surface area contributed by atoms with Crippen molar-refractivity contribution in [3.05, 3.63) is 35.4 Å². The third-order valence-electron chi connectivity index (χ3n) is 5.05. The van der Waals surface area contributed by atoms with E-state index < -0.39 is 10.0 Å². The Morgan fingerprint density at radius 2 is 1.79 bits per heavy atom. The fraction of sp³-hybridized carbons (Fsp3) is 0.667. The summed E-state index contributed by atoms with van der Waals surface area (Å²) in [4.78, 5) is 4.30. The maximum Gasteiger partial charge on any atom is 0.218 e. The van der Waals surface area contributed by atoms with Crippen molar-refractivity contribution in [3.63, 3.8) is 0 Å². The number of benzene rings is 1. The minimum atomic E-state index is -3.36. The maximum atomic E-state index is 12.8. The van der Waals surface area contributed by atoms with Gasteiger partial charge in [-0.1, -0.05) is 38.1 Å². The van der Waals surface area contributed by atoms with Crippen LogP contribution in [0.2, 0.25) is 0 Å². The molecule has 29 heavy (non-hydrogen) atoms. The average molecular weight is 425 g/mol. The van der Waals surface area contributed by atoms with Gasteiger partial charge in [0, 0.05) is 32.7 Å². The SMILES string of the molecule is CN=C(NCc1ccccc1CS(=O)(=O)N1CCOCC1)NC(C)CCC(C)C. The number of guanidine groups is 1. The highest BCUT2D eigenvalue weighted by molar-refractivity contribution is 7.88. The number of sulfonamides is 1. The molecule has 1 aliphatic heterocycles. The Hall–Kier alpha value is -1.64. The molecule has 1 aromatic carbocycles. The highest BCUT2D eigenvalue weighted by Crippen LogP contribution is 2.16. The monoisotopic (exact) mass is 424 g/mol. The van der Waals surface area contributed by atoms with E-state index in [1.165, 1.54) is 4.31 Å². The maximum absolute atomic E-state index is 12.8. The van der Waals surface area contributed by atoms with E-state index in [-0.39, 0.29) is 5.75 Å². The summed E-state index contributed by atoms with van der Waals surface area (Å²) in [5.41, 5.74) is 1.77. The third kappa shape index (κ3) is 7.95. The van der Waals surface area contributed by atoms with Gasteiger partial charge in [-0.15, -0.1) is 0 Å². The predicted octanol–water partition coefficient (Wildman–Crippen LogP) is 2.34. The molecule has 1 fully saturated rings. The molecule has 8 heteroatoms. The molecule has 0 bridgehead atoms. The molecule has 0 spiro atoms. The summed E-state index contributed by atoms with van der Waals surface area (Å²) in [5, 5.41) is 6.73. The molecule has 1 saturated heterocycles. The van der Waals surface area contributed by atoms with E-state index in [1.54, 1.807) is 7.05 Å². The van der Waals surface area contributed by atoms with Crippen LogP contribution in [0.1, 0.15) is 44.7 Å². The van der Waals surface area contributed by atoms with Gasteiger partial charge in [0.1, 0.15) is 0 Å². The van der Waals surface area contributed by atoms with E-state index in [4.69, 9.17) is 4.74 Å². The van der Waals surface area contributed by atoms with Crippen molar-refractivity contribution in [3.8, 4) is 0 Å². The highest BCUT2D eigenvalue weighted by atomic mass is 32.2. The summed E-state index contributed by atoms with van der Waals surface area (Å²) >= 11 is 0. The first-order chi connectivity index (χ1) is 13.8. The van der Waals surface area contributed by atoms with Crippen LogP contribution in [0.5, 0.6) is 0 Å². The van der Waals surface area contributed by atoms with Gasteiger partial charge in [0.2, 0.25) is 10.0 Å². The van der Waals surface area contributed by atoms with Crippen LogP contribution in [0.25, 0.3) is 0 Å². The van der Waals surface area contributed by atoms with Gasteiger partial charge < -0.3 is 15.4 Å². The number of morpholine rings is 1. The second-order valence-electron chi connectivity index (χ2n) is 7.98. The molecular weight excluding hydrogens is 388 g/mol. The van der Waals surface area contributed by atoms with Gasteiger partial charge in [0.05, 0.1) is 19.0 Å². The van der Waals surface area contributed by atoms with Crippen LogP contribution < -0.4 is 10.6 Å². The van der Waals surface area contributed by atoms with Crippen LogP contribution in [0, 0.1) is 5.92 Å². The highest BCUT2D eigenvalue weighted by Gasteiger charge is 2.25. The Bertz CT molecular complexity index is 759. The zero-order valence-corrected chi connectivity index (χ0v) is 19.0. The zero-order valence-electron chi connectivity index (χ0n) is 18.1. The summed E-state index contributed by atoms with van der Waals surface area (Å²) in [6.45, 7) is 8.88. The molecule has 1 heterocycles. The summed E-state index contributed by atoms with van der Waals surface area (Å²) in [5.74, 6) is 1.41. The van der Waals surface area contributed by atoms with Crippen molar-refractivity contribution in [1.29, 1.82) is 0 Å². The van der Waals surface area contributed by atoms with E-state index in [9.17, 15) is 8.42 Å². The van der Waals surface area contributed by atoms with Crippen LogP contribution in [0.3, 0.4) is 0 Å². The van der Waals surface area contributed by atoms with Crippen LogP contribution in [-0.2, 0) is 27.1 Å². The number of hydrogen-bond acceptors (Lipinski definition) is 4. The average Bonchev–Trinajstić information content (AvgIpc) is 2.71. The molecule has 0 radical (unpaired) electrons. The predicted molar refractivity (Wildman–Crippen MR) is 118 cm³/mol. The van der Waals surface area contributed by atoms with Crippen molar-refractivity contribution in [1.82, 2.24) is 14.9 Å². The van der Waals surface area contributed by atoms with Gasteiger partial charge >= 0.3 is 0 Å². The Morgan fingerprint density at radius 3 is 2.41 bits per heavy atom. The zero-order chi connectivity index (χ0) is 21.3. The van der Waals surface area contributed by atoms with Crippen molar-refractivity contribution in [2.24, 2.45) is 10.9 Å². The van der Waals surface area contributed by atoms with E-state index in [2.05, 4.69) is 36.4 Å². The van der Waals surface area contributed by atoms with Gasteiger partial charge in [0.25, 0.3) is 0 Å². The summed E-state index contributed by atoms with van der Waals surface area (Å²) in [7, 11) is -1.61. The molecule has 7 nitrogen and oxygen atoms in total. The number of rotatable bonds is 9. The van der Waals surface area contributed by atoms with Gasteiger partial charge in [-0.05, 0) is 36.8 Å². The van der Waals surface area contributed by atoms with Crippen molar-refractivity contribution >= 4 is 16.0 Å². The number of nitrogens with zero attached hydrogens (tertiary/aromatic N) is 2. The first kappa shape index (κ1) is 23.6. The standard InChI is InChI=1S/C21H36N4O3S/c1-17(2)9-10-18(3)24-21(22-4)23-15-19-7-5-6-8-20(19)16-29(26,27)25-11-13-28-14-12-25/h5-8,17-18H,9-16H2,1-4H3,(H2,22,23,24). The Kier molecular flexibility index (Phi) is 9.39. The van der Waals surface area contributed by atoms with Gasteiger partial charge in [-0.2, -0.15) is 4.31 Å². The van der Waals surface area contributed by atoms with Crippen LogP contribution in [0.4, 0.5) is 0 Å². The van der Waals surface area contributed by atoms with Crippen LogP contribution in [0.15, 0.2) is 29.3 Å². The number of hydrogen-bond donors (Lipinski definition) is 2. The molecular formula is C21H36N4O3S. The number of aliphatic imine (C=N–C) groups is 1. The lowest BCUT2D eigenvalue weighted by Crippen LogP contribution is -2.42. The lowest BCUT2D eigenvalue weighted by atomic mass is 10.0. The van der Waals surface area contributed by atoms with Gasteiger partial charge in [-0.25, -0.2) is 8.42 Å². The Morgan fingerprint density at radius 1 is 1.14 bits per heavy atom. The molecule has 1 aliphatic rings. The summed E-state index contributed by atoms with van der Waals surface area (Å²) in [6, 6.07) is 7.99. The molecule has 0 amide bonds. The molecule has 164 valence electrons. The normalized spacial score (nSPS) is 17.3. The van der Waals surface area contributed by atoms with E-state index in [0.29, 0.717) is 44.8 Å². The number of nitrogens with one attached hydrogen (secondary N) is 2. The molecule has 2 N–H and O–H groups in total. The first-order valence-electron chi connectivity index (χ1n) is 10.4. The topological polar surface area (TPSA) is 83.0 Å². The molecule has 1 aromatic rings. The van der Waals surface area contributed by atoms with E-state index in [0.717, 1.165) is 29.9 Å². The van der Waals surface area contributed by atoms with Crippen molar-refractivity contribution in [2.75, 3.05) is 33.4 Å². The molecule has 0 saturated carbocycles. The fourth-order valence-corrected chi connectivity index (χ4v) is 4.81. The van der Waals surface area contributed by atoms with Crippen LogP contribution in [-0.4, -0.2) is 58.1 Å². The summed E-state index contributed by atoms with van der Waals surface area (Å²) < 4.78 is 32.4. The molecule has 0 aromatic heterocycles. The van der Waals surface area contributed by atoms with E-state index >= 15 is 0 Å². The molecule has 2 rings (SSSR count). The van der Waals surface area contributed by atoms with E-state index in [1.807, 2.05) is 24.3 Å². The van der Waals surface area contributed by atoms with Gasteiger partial charge in [-0.3, -0.25) is 4.99 Å². The summed E-state index contributed by atoms with van der Waals surface area (Å²) in [6.07, 6.45) is 2.24. The molecule has 1 unspecified atom stereocenters. The van der Waals surface area contributed by atoms with Gasteiger partial charge in [0.15, 0.2) is 5.96 Å². The minimum absolute atomic E-state index is 0.00166. The smallest absolute Gasteiger partial charge is 0.218 e. The van der Waals surface area contributed by atoms with Crippen LogP contribution >= 0.6 is 0 Å².